The number of ether oxygens (including phenoxy) is 4. The van der Waals surface area contributed by atoms with Crippen LogP contribution in [0.15, 0.2) is 78.9 Å². The van der Waals surface area contributed by atoms with Crippen LogP contribution in [0.2, 0.25) is 0 Å². The SMILES string of the molecule is COc1ccc(C(OC[C@H]2OCC[C@H]2O)(c2ccccc2)c2ccc(OC)cc2)cc1. The molecule has 0 aromatic heterocycles. The molecule has 1 heterocycles. The van der Waals surface area contributed by atoms with Crippen molar-refractivity contribution in [2.45, 2.75) is 24.2 Å². The van der Waals surface area contributed by atoms with Gasteiger partial charge in [-0.1, -0.05) is 54.6 Å². The molecule has 4 rings (SSSR count). The van der Waals surface area contributed by atoms with Gasteiger partial charge in [-0.05, 0) is 47.4 Å². The standard InChI is InChI=1S/C26H28O5/c1-28-22-12-8-20(9-13-22)26(19-6-4-3-5-7-19,21-10-14-23(29-2)15-11-21)31-18-25-24(27)16-17-30-25/h3-15,24-25,27H,16-18H2,1-2H3/t24-,25-/m1/s1. The molecule has 0 bridgehead atoms. The molecule has 3 aromatic rings. The van der Waals surface area contributed by atoms with E-state index in [0.29, 0.717) is 13.0 Å². The summed E-state index contributed by atoms with van der Waals surface area (Å²) < 4.78 is 23.2. The number of hydrogen-bond donors (Lipinski definition) is 1. The van der Waals surface area contributed by atoms with Gasteiger partial charge in [0.2, 0.25) is 0 Å². The smallest absolute Gasteiger partial charge is 0.143 e. The number of rotatable bonds is 8. The Morgan fingerprint density at radius 2 is 1.32 bits per heavy atom. The normalized spacial score (nSPS) is 18.7. The van der Waals surface area contributed by atoms with Gasteiger partial charge in [-0.15, -0.1) is 0 Å². The van der Waals surface area contributed by atoms with Gasteiger partial charge in [-0.3, -0.25) is 0 Å². The van der Waals surface area contributed by atoms with Gasteiger partial charge in [-0.25, -0.2) is 0 Å². The Bertz CT molecular complexity index is 906. The molecule has 1 fully saturated rings. The van der Waals surface area contributed by atoms with Crippen LogP contribution in [0, 0.1) is 0 Å². The lowest BCUT2D eigenvalue weighted by atomic mass is 9.80. The van der Waals surface area contributed by atoms with Gasteiger partial charge in [0.1, 0.15) is 23.2 Å². The summed E-state index contributed by atoms with van der Waals surface area (Å²) in [5, 5.41) is 10.3. The number of aliphatic hydroxyl groups excluding tert-OH is 1. The fraction of sp³-hybridized carbons (Fsp3) is 0.308. The van der Waals surface area contributed by atoms with E-state index in [0.717, 1.165) is 28.2 Å². The zero-order valence-corrected chi connectivity index (χ0v) is 17.9. The minimum Gasteiger partial charge on any atom is -0.497 e. The second kappa shape index (κ2) is 9.52. The molecular weight excluding hydrogens is 392 g/mol. The zero-order chi connectivity index (χ0) is 21.7. The van der Waals surface area contributed by atoms with E-state index in [-0.39, 0.29) is 12.7 Å². The summed E-state index contributed by atoms with van der Waals surface area (Å²) >= 11 is 0. The van der Waals surface area contributed by atoms with E-state index in [1.54, 1.807) is 14.2 Å². The van der Waals surface area contributed by atoms with E-state index in [1.165, 1.54) is 0 Å². The molecule has 0 unspecified atom stereocenters. The van der Waals surface area contributed by atoms with E-state index >= 15 is 0 Å². The highest BCUT2D eigenvalue weighted by molar-refractivity contribution is 5.49. The van der Waals surface area contributed by atoms with Crippen molar-refractivity contribution in [3.8, 4) is 11.5 Å². The molecule has 2 atom stereocenters. The highest BCUT2D eigenvalue weighted by Gasteiger charge is 2.40. The first-order valence-corrected chi connectivity index (χ1v) is 10.5. The Kier molecular flexibility index (Phi) is 6.56. The topological polar surface area (TPSA) is 57.2 Å². The predicted octanol–water partition coefficient (Wildman–Crippen LogP) is 4.16. The third kappa shape index (κ3) is 4.30. The van der Waals surface area contributed by atoms with Crippen molar-refractivity contribution >= 4 is 0 Å². The lowest BCUT2D eigenvalue weighted by molar-refractivity contribution is -0.0697. The Morgan fingerprint density at radius 3 is 1.77 bits per heavy atom. The quantitative estimate of drug-likeness (QED) is 0.555. The molecule has 3 aromatic carbocycles. The van der Waals surface area contributed by atoms with Crippen molar-refractivity contribution in [2.24, 2.45) is 0 Å². The fourth-order valence-corrected chi connectivity index (χ4v) is 4.08. The third-order valence-corrected chi connectivity index (χ3v) is 5.81. The maximum absolute atomic E-state index is 10.3. The van der Waals surface area contributed by atoms with Gasteiger partial charge in [0.25, 0.3) is 0 Å². The third-order valence-electron chi connectivity index (χ3n) is 5.81. The fourth-order valence-electron chi connectivity index (χ4n) is 4.08. The zero-order valence-electron chi connectivity index (χ0n) is 17.9. The Hall–Kier alpha value is -2.86. The molecule has 5 heteroatoms. The molecule has 5 nitrogen and oxygen atoms in total. The molecular formula is C26H28O5. The molecule has 31 heavy (non-hydrogen) atoms. The molecule has 0 saturated carbocycles. The van der Waals surface area contributed by atoms with Crippen molar-refractivity contribution in [3.05, 3.63) is 95.6 Å². The summed E-state index contributed by atoms with van der Waals surface area (Å²) in [5.74, 6) is 1.55. The van der Waals surface area contributed by atoms with E-state index < -0.39 is 11.7 Å². The molecule has 1 N–H and O–H groups in total. The van der Waals surface area contributed by atoms with E-state index in [9.17, 15) is 5.11 Å². The monoisotopic (exact) mass is 420 g/mol. The second-order valence-electron chi connectivity index (χ2n) is 7.58. The average molecular weight is 421 g/mol. The van der Waals surface area contributed by atoms with Gasteiger partial charge in [0, 0.05) is 6.61 Å². The molecule has 0 aliphatic carbocycles. The van der Waals surface area contributed by atoms with Crippen LogP contribution in [0.25, 0.3) is 0 Å². The molecule has 1 saturated heterocycles. The van der Waals surface area contributed by atoms with E-state index in [2.05, 4.69) is 12.1 Å². The van der Waals surface area contributed by atoms with Crippen LogP contribution in [-0.2, 0) is 15.1 Å². The van der Waals surface area contributed by atoms with Crippen LogP contribution in [0.5, 0.6) is 11.5 Å². The minimum atomic E-state index is -0.897. The van der Waals surface area contributed by atoms with Gasteiger partial charge in [0.15, 0.2) is 0 Å². The largest absolute Gasteiger partial charge is 0.497 e. The van der Waals surface area contributed by atoms with Crippen molar-refractivity contribution < 1.29 is 24.1 Å². The lowest BCUT2D eigenvalue weighted by Crippen LogP contribution is -2.38. The maximum Gasteiger partial charge on any atom is 0.143 e. The minimum absolute atomic E-state index is 0.258. The Morgan fingerprint density at radius 1 is 0.806 bits per heavy atom. The highest BCUT2D eigenvalue weighted by atomic mass is 16.6. The van der Waals surface area contributed by atoms with Crippen molar-refractivity contribution in [1.29, 1.82) is 0 Å². The summed E-state index contributed by atoms with van der Waals surface area (Å²) in [4.78, 5) is 0. The summed E-state index contributed by atoms with van der Waals surface area (Å²) in [6.07, 6.45) is -0.267. The summed E-state index contributed by atoms with van der Waals surface area (Å²) in [6.45, 7) is 0.798. The number of benzene rings is 3. The summed E-state index contributed by atoms with van der Waals surface area (Å²) in [6, 6.07) is 25.9. The number of hydrogen-bond acceptors (Lipinski definition) is 5. The lowest BCUT2D eigenvalue weighted by Gasteiger charge is -2.37. The van der Waals surface area contributed by atoms with Gasteiger partial charge >= 0.3 is 0 Å². The first kappa shape index (κ1) is 21.4. The van der Waals surface area contributed by atoms with Crippen LogP contribution in [0.4, 0.5) is 0 Å². The number of aliphatic hydroxyl groups is 1. The molecule has 162 valence electrons. The van der Waals surface area contributed by atoms with Crippen LogP contribution in [0.1, 0.15) is 23.1 Å². The highest BCUT2D eigenvalue weighted by Crippen LogP contribution is 2.42. The van der Waals surface area contributed by atoms with Crippen molar-refractivity contribution in [2.75, 3.05) is 27.4 Å². The predicted molar refractivity (Wildman–Crippen MR) is 119 cm³/mol. The van der Waals surface area contributed by atoms with Crippen LogP contribution in [0.3, 0.4) is 0 Å². The average Bonchev–Trinajstić information content (AvgIpc) is 3.25. The van der Waals surface area contributed by atoms with Crippen molar-refractivity contribution in [1.82, 2.24) is 0 Å². The van der Waals surface area contributed by atoms with Gasteiger partial charge in [0.05, 0.1) is 26.9 Å². The first-order chi connectivity index (χ1) is 15.2. The number of methoxy groups -OCH3 is 2. The first-order valence-electron chi connectivity index (χ1n) is 10.5. The summed E-state index contributed by atoms with van der Waals surface area (Å²) in [7, 11) is 3.30. The molecule has 0 radical (unpaired) electrons. The van der Waals surface area contributed by atoms with Gasteiger partial charge < -0.3 is 24.1 Å². The Balaban J connectivity index is 1.85. The summed E-state index contributed by atoms with van der Waals surface area (Å²) in [5.41, 5.74) is 2.00. The second-order valence-corrected chi connectivity index (χ2v) is 7.58. The maximum atomic E-state index is 10.3. The van der Waals surface area contributed by atoms with E-state index in [4.69, 9.17) is 18.9 Å². The molecule has 0 amide bonds. The van der Waals surface area contributed by atoms with Crippen LogP contribution >= 0.6 is 0 Å². The van der Waals surface area contributed by atoms with E-state index in [1.807, 2.05) is 66.7 Å². The molecule has 0 spiro atoms. The van der Waals surface area contributed by atoms with Crippen LogP contribution < -0.4 is 9.47 Å². The Labute approximate surface area is 183 Å². The van der Waals surface area contributed by atoms with Crippen LogP contribution in [-0.4, -0.2) is 44.7 Å². The van der Waals surface area contributed by atoms with Crippen molar-refractivity contribution in [3.63, 3.8) is 0 Å². The molecule has 1 aliphatic rings. The van der Waals surface area contributed by atoms with Gasteiger partial charge in [-0.2, -0.15) is 0 Å². The molecule has 1 aliphatic heterocycles.